The van der Waals surface area contributed by atoms with Crippen molar-refractivity contribution in [3.8, 4) is 0 Å². The first-order valence-electron chi connectivity index (χ1n) is 8.67. The van der Waals surface area contributed by atoms with Crippen LogP contribution in [0.3, 0.4) is 0 Å². The van der Waals surface area contributed by atoms with Crippen molar-refractivity contribution in [3.63, 3.8) is 0 Å². The molecule has 0 saturated carbocycles. The minimum absolute atomic E-state index is 0. The van der Waals surface area contributed by atoms with E-state index in [1.54, 1.807) is 0 Å². The van der Waals surface area contributed by atoms with Crippen LogP contribution in [0.2, 0.25) is 0 Å². The number of carboxylic acids is 1. The molecule has 0 aliphatic carbocycles. The Morgan fingerprint density at radius 2 is 1.43 bits per heavy atom. The zero-order valence-corrected chi connectivity index (χ0v) is 17.2. The van der Waals surface area contributed by atoms with Crippen molar-refractivity contribution in [1.82, 2.24) is 4.90 Å². The van der Waals surface area contributed by atoms with Crippen LogP contribution in [0, 0.1) is 0 Å². The molecule has 6 heteroatoms. The third-order valence-electron chi connectivity index (χ3n) is 3.98. The summed E-state index contributed by atoms with van der Waals surface area (Å²) < 4.78 is 0. The maximum Gasteiger partial charge on any atom is 0.326 e. The summed E-state index contributed by atoms with van der Waals surface area (Å²) in [5.74, 6) is -1.21. The summed E-state index contributed by atoms with van der Waals surface area (Å²) in [4.78, 5) is 24.3. The van der Waals surface area contributed by atoms with Gasteiger partial charge in [-0.25, -0.2) is 4.79 Å². The SMILES string of the molecule is CCCCCCCCCCCC(=O)N(CCO)[C@@H](C)C(=O)O.[Na]. The van der Waals surface area contributed by atoms with E-state index in [1.807, 2.05) is 0 Å². The van der Waals surface area contributed by atoms with Gasteiger partial charge in [0.25, 0.3) is 0 Å². The molecule has 1 amide bonds. The number of unbranched alkanes of at least 4 members (excludes halogenated alkanes) is 8. The summed E-state index contributed by atoms with van der Waals surface area (Å²) in [5.41, 5.74) is 0. The zero-order chi connectivity index (χ0) is 16.8. The molecule has 5 nitrogen and oxygen atoms in total. The Morgan fingerprint density at radius 1 is 0.957 bits per heavy atom. The van der Waals surface area contributed by atoms with Gasteiger partial charge in [0.05, 0.1) is 6.61 Å². The molecule has 1 atom stereocenters. The monoisotopic (exact) mass is 338 g/mol. The van der Waals surface area contributed by atoms with Crippen LogP contribution in [0.4, 0.5) is 0 Å². The number of rotatable bonds is 14. The van der Waals surface area contributed by atoms with Gasteiger partial charge in [-0.2, -0.15) is 0 Å². The fourth-order valence-corrected chi connectivity index (χ4v) is 2.51. The maximum absolute atomic E-state index is 12.0. The van der Waals surface area contributed by atoms with Gasteiger partial charge in [0.15, 0.2) is 0 Å². The van der Waals surface area contributed by atoms with Crippen LogP contribution in [-0.4, -0.2) is 75.7 Å². The van der Waals surface area contributed by atoms with Crippen molar-refractivity contribution < 1.29 is 19.8 Å². The molecule has 0 rings (SSSR count). The van der Waals surface area contributed by atoms with E-state index in [-0.39, 0.29) is 48.6 Å². The van der Waals surface area contributed by atoms with E-state index < -0.39 is 12.0 Å². The smallest absolute Gasteiger partial charge is 0.326 e. The average molecular weight is 338 g/mol. The van der Waals surface area contributed by atoms with Crippen LogP contribution in [0.5, 0.6) is 0 Å². The molecule has 0 aliphatic rings. The molecule has 0 spiro atoms. The summed E-state index contributed by atoms with van der Waals surface area (Å²) >= 11 is 0. The molecule has 0 aliphatic heterocycles. The Balaban J connectivity index is 0. The van der Waals surface area contributed by atoms with Crippen molar-refractivity contribution in [2.75, 3.05) is 13.2 Å². The average Bonchev–Trinajstić information content (AvgIpc) is 2.50. The van der Waals surface area contributed by atoms with E-state index in [0.29, 0.717) is 6.42 Å². The van der Waals surface area contributed by atoms with Gasteiger partial charge in [-0.1, -0.05) is 58.3 Å². The van der Waals surface area contributed by atoms with Gasteiger partial charge in [-0.15, -0.1) is 0 Å². The third-order valence-corrected chi connectivity index (χ3v) is 3.98. The van der Waals surface area contributed by atoms with Gasteiger partial charge in [0.1, 0.15) is 6.04 Å². The molecule has 0 heterocycles. The second-order valence-corrected chi connectivity index (χ2v) is 5.90. The molecular weight excluding hydrogens is 305 g/mol. The number of carbonyl (C=O) groups is 2. The zero-order valence-electron chi connectivity index (χ0n) is 15.2. The van der Waals surface area contributed by atoms with Crippen molar-refractivity contribution in [3.05, 3.63) is 0 Å². The van der Waals surface area contributed by atoms with Crippen molar-refractivity contribution in [1.29, 1.82) is 0 Å². The van der Waals surface area contributed by atoms with Gasteiger partial charge in [-0.3, -0.25) is 4.79 Å². The molecule has 0 saturated heterocycles. The number of carbonyl (C=O) groups excluding carboxylic acids is 1. The first-order chi connectivity index (χ1) is 10.5. The number of aliphatic hydroxyl groups is 1. The van der Waals surface area contributed by atoms with Crippen LogP contribution < -0.4 is 0 Å². The fourth-order valence-electron chi connectivity index (χ4n) is 2.51. The Hall–Kier alpha value is -0.100. The fraction of sp³-hybridized carbons (Fsp3) is 0.882. The minimum Gasteiger partial charge on any atom is -0.480 e. The summed E-state index contributed by atoms with van der Waals surface area (Å²) in [6.45, 7) is 3.57. The molecule has 0 aromatic heterocycles. The predicted octanol–water partition coefficient (Wildman–Crippen LogP) is 2.82. The number of aliphatic hydroxyl groups excluding tert-OH is 1. The van der Waals surface area contributed by atoms with Crippen LogP contribution in [0.25, 0.3) is 0 Å². The number of amides is 1. The van der Waals surface area contributed by atoms with E-state index in [1.165, 1.54) is 50.3 Å². The summed E-state index contributed by atoms with van der Waals surface area (Å²) in [6, 6.07) is -0.877. The van der Waals surface area contributed by atoms with Crippen molar-refractivity contribution in [2.45, 2.75) is 84.1 Å². The van der Waals surface area contributed by atoms with Crippen LogP contribution in [0.15, 0.2) is 0 Å². The molecule has 131 valence electrons. The van der Waals surface area contributed by atoms with E-state index in [4.69, 9.17) is 10.2 Å². The molecule has 0 unspecified atom stereocenters. The van der Waals surface area contributed by atoms with Crippen LogP contribution >= 0.6 is 0 Å². The second-order valence-electron chi connectivity index (χ2n) is 5.90. The molecule has 0 aromatic carbocycles. The second kappa shape index (κ2) is 16.7. The Morgan fingerprint density at radius 3 is 1.87 bits per heavy atom. The van der Waals surface area contributed by atoms with E-state index in [2.05, 4.69) is 6.92 Å². The van der Waals surface area contributed by atoms with Gasteiger partial charge >= 0.3 is 5.97 Å². The van der Waals surface area contributed by atoms with Gasteiger partial charge in [-0.05, 0) is 13.3 Å². The first-order valence-corrected chi connectivity index (χ1v) is 8.67. The van der Waals surface area contributed by atoms with Gasteiger partial charge in [0, 0.05) is 42.5 Å². The third kappa shape index (κ3) is 12.9. The number of nitrogens with zero attached hydrogens (tertiary/aromatic N) is 1. The van der Waals surface area contributed by atoms with E-state index in [0.717, 1.165) is 19.3 Å². The molecule has 23 heavy (non-hydrogen) atoms. The van der Waals surface area contributed by atoms with E-state index in [9.17, 15) is 9.59 Å². The molecule has 0 fully saturated rings. The number of hydrogen-bond acceptors (Lipinski definition) is 3. The maximum atomic E-state index is 12.0. The van der Waals surface area contributed by atoms with Gasteiger partial charge in [0.2, 0.25) is 5.91 Å². The van der Waals surface area contributed by atoms with Gasteiger partial charge < -0.3 is 15.1 Å². The Labute approximate surface area is 163 Å². The van der Waals surface area contributed by atoms with Crippen molar-refractivity contribution >= 4 is 41.4 Å². The normalized spacial score (nSPS) is 11.6. The number of hydrogen-bond donors (Lipinski definition) is 2. The minimum atomic E-state index is -1.03. The summed E-state index contributed by atoms with van der Waals surface area (Å²) in [7, 11) is 0. The number of aliphatic carboxylic acids is 1. The number of carboxylic acid groups (broad SMARTS) is 1. The molecule has 1 radical (unpaired) electrons. The topological polar surface area (TPSA) is 77.8 Å². The molecule has 0 bridgehead atoms. The standard InChI is InChI=1S/C17H33NO4.Na/c1-3-4-5-6-7-8-9-10-11-12-16(20)18(13-14-19)15(2)17(21)22;/h15,19H,3-14H2,1-2H3,(H,21,22);/t15-;/m0./s1. The van der Waals surface area contributed by atoms with Crippen LogP contribution in [0.1, 0.15) is 78.1 Å². The molecule has 2 N–H and O–H groups in total. The predicted molar refractivity (Wildman–Crippen MR) is 93.5 cm³/mol. The van der Waals surface area contributed by atoms with E-state index >= 15 is 0 Å². The van der Waals surface area contributed by atoms with Crippen LogP contribution in [-0.2, 0) is 9.59 Å². The summed E-state index contributed by atoms with van der Waals surface area (Å²) in [5, 5.41) is 17.9. The molecular formula is C17H33NNaO4. The largest absolute Gasteiger partial charge is 0.480 e. The van der Waals surface area contributed by atoms with Crippen molar-refractivity contribution in [2.24, 2.45) is 0 Å². The summed E-state index contributed by atoms with van der Waals surface area (Å²) in [6.07, 6.45) is 11.0. The Kier molecular flexibility index (Phi) is 18.3. The first kappa shape index (κ1) is 25.1. The quantitative estimate of drug-likeness (QED) is 0.377. The Bertz CT molecular complexity index is 313. The molecule has 0 aromatic rings.